The number of H-pyrrole nitrogens is 1. The summed E-state index contributed by atoms with van der Waals surface area (Å²) in [5, 5.41) is 11.5. The molecule has 0 spiro atoms. The van der Waals surface area contributed by atoms with Crippen molar-refractivity contribution in [1.82, 2.24) is 15.6 Å². The average molecular weight is 349 g/mol. The van der Waals surface area contributed by atoms with Gasteiger partial charge < -0.3 is 4.42 Å². The number of rotatable bonds is 4. The fourth-order valence-corrected chi connectivity index (χ4v) is 2.36. The van der Waals surface area contributed by atoms with E-state index in [1.807, 2.05) is 0 Å². The first kappa shape index (κ1) is 15.3. The quantitative estimate of drug-likeness (QED) is 0.556. The highest BCUT2D eigenvalue weighted by Crippen LogP contribution is 2.29. The van der Waals surface area contributed by atoms with Crippen LogP contribution in [0.1, 0.15) is 16.2 Å². The highest BCUT2D eigenvalue weighted by molar-refractivity contribution is 6.36. The van der Waals surface area contributed by atoms with Gasteiger partial charge in [-0.25, -0.2) is 5.43 Å². The van der Waals surface area contributed by atoms with E-state index in [9.17, 15) is 4.79 Å². The van der Waals surface area contributed by atoms with Crippen LogP contribution in [0.5, 0.6) is 0 Å². The highest BCUT2D eigenvalue weighted by atomic mass is 35.5. The van der Waals surface area contributed by atoms with Crippen molar-refractivity contribution in [3.8, 4) is 11.3 Å². The van der Waals surface area contributed by atoms with Crippen LogP contribution >= 0.6 is 23.2 Å². The summed E-state index contributed by atoms with van der Waals surface area (Å²) < 4.78 is 5.06. The third kappa shape index (κ3) is 3.61. The molecule has 0 atom stereocenters. The first-order chi connectivity index (χ1) is 11.1. The van der Waals surface area contributed by atoms with E-state index < -0.39 is 5.91 Å². The molecule has 0 aliphatic rings. The van der Waals surface area contributed by atoms with E-state index in [1.165, 1.54) is 12.5 Å². The van der Waals surface area contributed by atoms with Crippen LogP contribution in [-0.2, 0) is 0 Å². The molecular formula is C15H10Cl2N4O2. The van der Waals surface area contributed by atoms with Crippen LogP contribution in [0.2, 0.25) is 10.0 Å². The number of hydrogen-bond donors (Lipinski definition) is 2. The van der Waals surface area contributed by atoms with Crippen molar-refractivity contribution in [1.29, 1.82) is 0 Å². The third-order valence-electron chi connectivity index (χ3n) is 2.93. The van der Waals surface area contributed by atoms with E-state index in [4.69, 9.17) is 27.6 Å². The summed E-state index contributed by atoms with van der Waals surface area (Å²) in [6, 6.07) is 10.1. The number of aromatic nitrogens is 2. The Morgan fingerprint density at radius 1 is 1.30 bits per heavy atom. The number of benzene rings is 1. The number of carbonyl (C=O) groups is 1. The monoisotopic (exact) mass is 348 g/mol. The molecular weight excluding hydrogens is 339 g/mol. The lowest BCUT2D eigenvalue weighted by Crippen LogP contribution is -2.17. The number of furan rings is 1. The molecule has 0 bridgehead atoms. The van der Waals surface area contributed by atoms with E-state index in [1.54, 1.807) is 36.4 Å². The topological polar surface area (TPSA) is 83.3 Å². The number of hydrogen-bond acceptors (Lipinski definition) is 4. The molecule has 2 aromatic heterocycles. The smallest absolute Gasteiger partial charge is 0.289 e. The molecule has 3 rings (SSSR count). The Hall–Kier alpha value is -2.57. The van der Waals surface area contributed by atoms with Crippen molar-refractivity contribution in [2.45, 2.75) is 0 Å². The Labute approximate surface area is 141 Å². The number of nitrogens with one attached hydrogen (secondary N) is 2. The summed E-state index contributed by atoms with van der Waals surface area (Å²) in [5.41, 5.74) is 3.83. The molecule has 0 aliphatic heterocycles. The molecule has 0 fully saturated rings. The minimum atomic E-state index is -0.434. The van der Waals surface area contributed by atoms with Crippen molar-refractivity contribution >= 4 is 35.3 Å². The lowest BCUT2D eigenvalue weighted by Gasteiger charge is -2.00. The zero-order valence-corrected chi connectivity index (χ0v) is 13.1. The van der Waals surface area contributed by atoms with Crippen LogP contribution in [-0.4, -0.2) is 22.3 Å². The molecule has 0 aliphatic carbocycles. The van der Waals surface area contributed by atoms with Gasteiger partial charge in [0.25, 0.3) is 5.91 Å². The van der Waals surface area contributed by atoms with Crippen molar-refractivity contribution in [3.05, 3.63) is 64.2 Å². The highest BCUT2D eigenvalue weighted by Gasteiger charge is 2.12. The van der Waals surface area contributed by atoms with Gasteiger partial charge in [0, 0.05) is 10.6 Å². The fraction of sp³-hybridized carbons (Fsp3) is 0. The second kappa shape index (κ2) is 6.68. The summed E-state index contributed by atoms with van der Waals surface area (Å²) in [7, 11) is 0. The van der Waals surface area contributed by atoms with E-state index in [0.29, 0.717) is 27.1 Å². The molecule has 1 aromatic carbocycles. The van der Waals surface area contributed by atoms with Gasteiger partial charge in [-0.1, -0.05) is 23.2 Å². The summed E-state index contributed by atoms with van der Waals surface area (Å²) in [6.45, 7) is 0. The van der Waals surface area contributed by atoms with Gasteiger partial charge in [0.05, 0.1) is 23.2 Å². The second-order valence-electron chi connectivity index (χ2n) is 4.51. The van der Waals surface area contributed by atoms with E-state index in [-0.39, 0.29) is 5.69 Å². The molecule has 0 radical (unpaired) electrons. The number of amides is 1. The maximum Gasteiger partial charge on any atom is 0.289 e. The normalized spacial score (nSPS) is 11.0. The van der Waals surface area contributed by atoms with Crippen molar-refractivity contribution in [2.75, 3.05) is 0 Å². The van der Waals surface area contributed by atoms with Crippen LogP contribution < -0.4 is 5.43 Å². The average Bonchev–Trinajstić information content (AvgIpc) is 3.18. The van der Waals surface area contributed by atoms with Crippen LogP contribution in [0.25, 0.3) is 11.3 Å². The van der Waals surface area contributed by atoms with Gasteiger partial charge in [-0.05, 0) is 36.4 Å². The number of hydrazone groups is 1. The third-order valence-corrected chi connectivity index (χ3v) is 3.48. The molecule has 23 heavy (non-hydrogen) atoms. The Bertz CT molecular complexity index is 856. The number of carbonyl (C=O) groups excluding carboxylic acids is 1. The summed E-state index contributed by atoms with van der Waals surface area (Å²) in [6.07, 6.45) is 2.91. The van der Waals surface area contributed by atoms with Crippen LogP contribution in [0, 0.1) is 0 Å². The maximum atomic E-state index is 12.0. The lowest BCUT2D eigenvalue weighted by atomic mass is 10.1. The van der Waals surface area contributed by atoms with Gasteiger partial charge in [0.1, 0.15) is 11.5 Å². The molecule has 6 nitrogen and oxygen atoms in total. The predicted octanol–water partition coefficient (Wildman–Crippen LogP) is 3.74. The molecule has 0 saturated carbocycles. The number of nitrogens with zero attached hydrogens (tertiary/aromatic N) is 2. The van der Waals surface area contributed by atoms with Gasteiger partial charge in [-0.3, -0.25) is 9.89 Å². The van der Waals surface area contributed by atoms with Crippen LogP contribution in [0.3, 0.4) is 0 Å². The molecule has 8 heteroatoms. The molecule has 0 unspecified atom stereocenters. The van der Waals surface area contributed by atoms with Crippen molar-refractivity contribution < 1.29 is 9.21 Å². The summed E-state index contributed by atoms with van der Waals surface area (Å²) in [5.74, 6) is 0.0974. The number of halogens is 2. The van der Waals surface area contributed by atoms with Gasteiger partial charge in [0.2, 0.25) is 0 Å². The molecule has 2 N–H and O–H groups in total. The minimum absolute atomic E-state index is 0.252. The Morgan fingerprint density at radius 3 is 2.91 bits per heavy atom. The predicted molar refractivity (Wildman–Crippen MR) is 87.8 cm³/mol. The largest absolute Gasteiger partial charge is 0.463 e. The van der Waals surface area contributed by atoms with Gasteiger partial charge >= 0.3 is 0 Å². The zero-order valence-electron chi connectivity index (χ0n) is 11.6. The Morgan fingerprint density at radius 2 is 2.17 bits per heavy atom. The van der Waals surface area contributed by atoms with Gasteiger partial charge in [-0.15, -0.1) is 0 Å². The first-order valence-corrected chi connectivity index (χ1v) is 7.27. The van der Waals surface area contributed by atoms with E-state index >= 15 is 0 Å². The minimum Gasteiger partial charge on any atom is -0.463 e. The zero-order chi connectivity index (χ0) is 16.2. The van der Waals surface area contributed by atoms with Crippen molar-refractivity contribution in [3.63, 3.8) is 0 Å². The first-order valence-electron chi connectivity index (χ1n) is 6.51. The van der Waals surface area contributed by atoms with Crippen LogP contribution in [0.15, 0.2) is 52.2 Å². The van der Waals surface area contributed by atoms with Crippen LogP contribution in [0.4, 0.5) is 0 Å². The number of aromatic amines is 1. The maximum absolute atomic E-state index is 12.0. The van der Waals surface area contributed by atoms with E-state index in [0.717, 1.165) is 0 Å². The Kier molecular flexibility index (Phi) is 4.45. The van der Waals surface area contributed by atoms with Crippen molar-refractivity contribution in [2.24, 2.45) is 5.10 Å². The SMILES string of the molecule is O=C(N/N=C\c1ccco1)c1cc(-c2ccc(Cl)cc2Cl)n[nH]1. The molecule has 0 saturated heterocycles. The molecule has 1 amide bonds. The van der Waals surface area contributed by atoms with Gasteiger partial charge in [-0.2, -0.15) is 10.2 Å². The molecule has 2 heterocycles. The van der Waals surface area contributed by atoms with Gasteiger partial charge in [0.15, 0.2) is 0 Å². The summed E-state index contributed by atoms with van der Waals surface area (Å²) in [4.78, 5) is 12.0. The summed E-state index contributed by atoms with van der Waals surface area (Å²) >= 11 is 12.0. The fourth-order valence-electron chi connectivity index (χ4n) is 1.85. The standard InChI is InChI=1S/C15H10Cl2N4O2/c16-9-3-4-11(12(17)6-9)13-7-14(20-19-13)15(22)21-18-8-10-2-1-5-23-10/h1-8H,(H,19,20)(H,21,22)/b18-8-. The molecule has 3 aromatic rings. The second-order valence-corrected chi connectivity index (χ2v) is 5.35. The molecule has 116 valence electrons. The van der Waals surface area contributed by atoms with E-state index in [2.05, 4.69) is 20.7 Å². The Balaban J connectivity index is 1.72. The lowest BCUT2D eigenvalue weighted by molar-refractivity contribution is 0.0950.